The minimum Gasteiger partial charge on any atom is -0.493 e. The van der Waals surface area contributed by atoms with Crippen molar-refractivity contribution in [3.8, 4) is 5.75 Å². The predicted octanol–water partition coefficient (Wildman–Crippen LogP) is 2.98. The standard InChI is InChI=1S/C17H20N2O4S/c1-2-3-4-13-11-15(20)19-17(18-13)24-10-9-23-14-7-5-12(6-8-14)16(21)22/h5-8,11H,2-4,9-10H2,1H3,(H,21,22)(H,18,19,20). The molecule has 6 nitrogen and oxygen atoms in total. The van der Waals surface area contributed by atoms with Crippen LogP contribution in [-0.4, -0.2) is 33.4 Å². The Labute approximate surface area is 144 Å². The number of H-pyrrole nitrogens is 1. The van der Waals surface area contributed by atoms with Gasteiger partial charge in [0.15, 0.2) is 5.16 Å². The molecule has 1 aromatic heterocycles. The van der Waals surface area contributed by atoms with Crippen LogP contribution < -0.4 is 10.3 Å². The molecule has 7 heteroatoms. The van der Waals surface area contributed by atoms with E-state index in [-0.39, 0.29) is 11.1 Å². The number of aryl methyl sites for hydroxylation is 1. The molecule has 0 fully saturated rings. The van der Waals surface area contributed by atoms with E-state index >= 15 is 0 Å². The molecule has 0 bridgehead atoms. The lowest BCUT2D eigenvalue weighted by Crippen LogP contribution is -2.11. The summed E-state index contributed by atoms with van der Waals surface area (Å²) in [7, 11) is 0. The molecule has 2 rings (SSSR count). The minimum atomic E-state index is -0.963. The Kier molecular flexibility index (Phi) is 6.87. The van der Waals surface area contributed by atoms with E-state index in [4.69, 9.17) is 9.84 Å². The van der Waals surface area contributed by atoms with Gasteiger partial charge in [0.05, 0.1) is 12.2 Å². The Morgan fingerprint density at radius 3 is 2.75 bits per heavy atom. The van der Waals surface area contributed by atoms with E-state index in [1.807, 2.05) is 0 Å². The van der Waals surface area contributed by atoms with Gasteiger partial charge >= 0.3 is 5.97 Å². The van der Waals surface area contributed by atoms with Crippen LogP contribution in [-0.2, 0) is 6.42 Å². The van der Waals surface area contributed by atoms with Gasteiger partial charge in [0.25, 0.3) is 5.56 Å². The number of carboxylic acid groups (broad SMARTS) is 1. The number of rotatable bonds is 9. The summed E-state index contributed by atoms with van der Waals surface area (Å²) in [6, 6.07) is 7.79. The maximum atomic E-state index is 11.6. The van der Waals surface area contributed by atoms with Gasteiger partial charge in [0, 0.05) is 17.5 Å². The van der Waals surface area contributed by atoms with E-state index in [9.17, 15) is 9.59 Å². The van der Waals surface area contributed by atoms with Gasteiger partial charge in [-0.2, -0.15) is 0 Å². The highest BCUT2D eigenvalue weighted by molar-refractivity contribution is 7.99. The number of hydrogen-bond donors (Lipinski definition) is 2. The monoisotopic (exact) mass is 348 g/mol. The molecule has 0 aliphatic heterocycles. The van der Waals surface area contributed by atoms with Gasteiger partial charge in [-0.15, -0.1) is 0 Å². The Morgan fingerprint density at radius 2 is 2.08 bits per heavy atom. The summed E-state index contributed by atoms with van der Waals surface area (Å²) in [5, 5.41) is 9.43. The van der Waals surface area contributed by atoms with Crippen LogP contribution in [0.15, 0.2) is 40.3 Å². The molecule has 1 aromatic carbocycles. The van der Waals surface area contributed by atoms with Gasteiger partial charge in [-0.1, -0.05) is 25.1 Å². The number of aromatic nitrogens is 2. The van der Waals surface area contributed by atoms with Crippen LogP contribution in [0.5, 0.6) is 5.75 Å². The summed E-state index contributed by atoms with van der Waals surface area (Å²) in [4.78, 5) is 29.5. The van der Waals surface area contributed by atoms with Crippen molar-refractivity contribution in [2.75, 3.05) is 12.4 Å². The summed E-state index contributed by atoms with van der Waals surface area (Å²) in [6.07, 6.45) is 2.88. The highest BCUT2D eigenvalue weighted by Crippen LogP contribution is 2.15. The van der Waals surface area contributed by atoms with Gasteiger partial charge in [-0.25, -0.2) is 9.78 Å². The molecule has 1 heterocycles. The number of aromatic carboxylic acids is 1. The molecule has 0 spiro atoms. The van der Waals surface area contributed by atoms with E-state index in [0.29, 0.717) is 23.3 Å². The van der Waals surface area contributed by atoms with Gasteiger partial charge in [-0.05, 0) is 37.1 Å². The van der Waals surface area contributed by atoms with Crippen molar-refractivity contribution in [2.45, 2.75) is 31.3 Å². The number of hydrogen-bond acceptors (Lipinski definition) is 5. The highest BCUT2D eigenvalue weighted by Gasteiger charge is 2.04. The van der Waals surface area contributed by atoms with Crippen molar-refractivity contribution in [1.29, 1.82) is 0 Å². The molecule has 24 heavy (non-hydrogen) atoms. The zero-order valence-electron chi connectivity index (χ0n) is 13.4. The third-order valence-corrected chi connectivity index (χ3v) is 4.09. The Hall–Kier alpha value is -2.28. The van der Waals surface area contributed by atoms with Crippen LogP contribution in [0.3, 0.4) is 0 Å². The second kappa shape index (κ2) is 9.12. The van der Waals surface area contributed by atoms with E-state index in [2.05, 4.69) is 16.9 Å². The molecule has 128 valence electrons. The first-order chi connectivity index (χ1) is 11.6. The topological polar surface area (TPSA) is 92.3 Å². The zero-order valence-corrected chi connectivity index (χ0v) is 14.3. The summed E-state index contributed by atoms with van der Waals surface area (Å²) in [5.74, 6) is 0.273. The van der Waals surface area contributed by atoms with Crippen LogP contribution >= 0.6 is 11.8 Å². The fourth-order valence-corrected chi connectivity index (χ4v) is 2.74. The first kappa shape index (κ1) is 18.1. The minimum absolute atomic E-state index is 0.135. The number of nitrogens with zero attached hydrogens (tertiary/aromatic N) is 1. The number of ether oxygens (including phenoxy) is 1. The number of carbonyl (C=O) groups is 1. The first-order valence-corrected chi connectivity index (χ1v) is 8.76. The van der Waals surface area contributed by atoms with Crippen LogP contribution in [0.25, 0.3) is 0 Å². The van der Waals surface area contributed by atoms with Crippen LogP contribution in [0.4, 0.5) is 0 Å². The number of aromatic amines is 1. The van der Waals surface area contributed by atoms with E-state index in [1.165, 1.54) is 23.9 Å². The Bertz CT molecular complexity index is 728. The molecule has 0 aliphatic rings. The number of unbranched alkanes of at least 4 members (excludes halogenated alkanes) is 1. The normalized spacial score (nSPS) is 10.5. The molecule has 0 radical (unpaired) electrons. The van der Waals surface area contributed by atoms with Crippen LogP contribution in [0.1, 0.15) is 35.8 Å². The van der Waals surface area contributed by atoms with Crippen molar-refractivity contribution < 1.29 is 14.6 Å². The van der Waals surface area contributed by atoms with Gasteiger partial charge in [0.1, 0.15) is 5.75 Å². The molecule has 0 amide bonds. The lowest BCUT2D eigenvalue weighted by molar-refractivity contribution is 0.0697. The number of nitrogens with one attached hydrogen (secondary N) is 1. The molecular weight excluding hydrogens is 328 g/mol. The van der Waals surface area contributed by atoms with Gasteiger partial charge in [0.2, 0.25) is 0 Å². The largest absolute Gasteiger partial charge is 0.493 e. The Balaban J connectivity index is 1.82. The summed E-state index contributed by atoms with van der Waals surface area (Å²) in [5.41, 5.74) is 0.902. The molecule has 2 aromatic rings. The van der Waals surface area contributed by atoms with Crippen LogP contribution in [0, 0.1) is 0 Å². The van der Waals surface area contributed by atoms with Crippen LogP contribution in [0.2, 0.25) is 0 Å². The average molecular weight is 348 g/mol. The second-order valence-electron chi connectivity index (χ2n) is 5.17. The van der Waals surface area contributed by atoms with Gasteiger partial charge in [-0.3, -0.25) is 4.79 Å². The van der Waals surface area contributed by atoms with E-state index < -0.39 is 5.97 Å². The first-order valence-electron chi connectivity index (χ1n) is 7.77. The average Bonchev–Trinajstić information content (AvgIpc) is 2.57. The van der Waals surface area contributed by atoms with Crippen molar-refractivity contribution in [3.05, 3.63) is 51.9 Å². The Morgan fingerprint density at radius 1 is 1.33 bits per heavy atom. The SMILES string of the molecule is CCCCc1cc(=O)[nH]c(SCCOc2ccc(C(=O)O)cc2)n1. The summed E-state index contributed by atoms with van der Waals surface area (Å²) >= 11 is 1.42. The van der Waals surface area contributed by atoms with Crippen molar-refractivity contribution in [3.63, 3.8) is 0 Å². The highest BCUT2D eigenvalue weighted by atomic mass is 32.2. The smallest absolute Gasteiger partial charge is 0.335 e. The predicted molar refractivity (Wildman–Crippen MR) is 93.1 cm³/mol. The third-order valence-electron chi connectivity index (χ3n) is 3.25. The molecule has 0 saturated carbocycles. The molecule has 0 unspecified atom stereocenters. The van der Waals surface area contributed by atoms with Gasteiger partial charge < -0.3 is 14.8 Å². The number of benzene rings is 1. The molecule has 2 N–H and O–H groups in total. The summed E-state index contributed by atoms with van der Waals surface area (Å²) in [6.45, 7) is 2.53. The number of thioether (sulfide) groups is 1. The van der Waals surface area contributed by atoms with E-state index in [1.54, 1.807) is 18.2 Å². The fraction of sp³-hybridized carbons (Fsp3) is 0.353. The molecular formula is C17H20N2O4S. The second-order valence-corrected chi connectivity index (χ2v) is 6.26. The lowest BCUT2D eigenvalue weighted by atomic mass is 10.2. The molecule has 0 atom stereocenters. The maximum absolute atomic E-state index is 11.6. The molecule has 0 aliphatic carbocycles. The quantitative estimate of drug-likeness (QED) is 0.411. The third kappa shape index (κ3) is 5.73. The molecule has 0 saturated heterocycles. The lowest BCUT2D eigenvalue weighted by Gasteiger charge is -2.07. The number of carboxylic acids is 1. The maximum Gasteiger partial charge on any atom is 0.335 e. The van der Waals surface area contributed by atoms with Crippen molar-refractivity contribution in [1.82, 2.24) is 9.97 Å². The summed E-state index contributed by atoms with van der Waals surface area (Å²) < 4.78 is 5.55. The zero-order chi connectivity index (χ0) is 17.4. The van der Waals surface area contributed by atoms with Crippen molar-refractivity contribution >= 4 is 17.7 Å². The van der Waals surface area contributed by atoms with Crippen molar-refractivity contribution in [2.24, 2.45) is 0 Å². The fourth-order valence-electron chi connectivity index (χ4n) is 2.03. The van der Waals surface area contributed by atoms with E-state index in [0.717, 1.165) is 25.0 Å².